The number of methoxy groups -OCH3 is 1. The summed E-state index contributed by atoms with van der Waals surface area (Å²) in [4.78, 5) is 18.8. The van der Waals surface area contributed by atoms with Crippen LogP contribution in [0.2, 0.25) is 0 Å². The maximum atomic E-state index is 11.1. The van der Waals surface area contributed by atoms with Crippen molar-refractivity contribution in [3.05, 3.63) is 18.1 Å². The number of carbonyl (C=O) groups excluding carboxylic acids is 1. The highest BCUT2D eigenvalue weighted by molar-refractivity contribution is 5.84. The fourth-order valence-electron chi connectivity index (χ4n) is 0.872. The summed E-state index contributed by atoms with van der Waals surface area (Å²) in [5.41, 5.74) is 5.29. The molecule has 0 aromatic carbocycles. The molecule has 0 saturated carbocycles. The van der Waals surface area contributed by atoms with Crippen LogP contribution in [0.4, 0.5) is 0 Å². The Bertz CT molecular complexity index is 374. The van der Waals surface area contributed by atoms with Gasteiger partial charge in [0.05, 0.1) is 7.11 Å². The van der Waals surface area contributed by atoms with E-state index in [1.165, 1.54) is 13.3 Å². The summed E-state index contributed by atoms with van der Waals surface area (Å²) in [5.74, 6) is -0.332. The fraction of sp³-hybridized carbons (Fsp3) is 0.500. The van der Waals surface area contributed by atoms with Crippen LogP contribution in [0.25, 0.3) is 0 Å². The van der Waals surface area contributed by atoms with E-state index < -0.39 is 11.5 Å². The molecule has 88 valence electrons. The molecule has 0 atom stereocenters. The zero-order valence-corrected chi connectivity index (χ0v) is 9.56. The summed E-state index contributed by atoms with van der Waals surface area (Å²) < 4.78 is 9.81. The first-order valence-electron chi connectivity index (χ1n) is 4.75. The van der Waals surface area contributed by atoms with Crippen LogP contribution < -0.4 is 10.5 Å². The van der Waals surface area contributed by atoms with E-state index in [-0.39, 0.29) is 5.82 Å². The monoisotopic (exact) mass is 225 g/mol. The third kappa shape index (κ3) is 3.82. The summed E-state index contributed by atoms with van der Waals surface area (Å²) >= 11 is 0. The van der Waals surface area contributed by atoms with Crippen molar-refractivity contribution in [3.63, 3.8) is 0 Å². The molecular weight excluding hydrogens is 210 g/mol. The van der Waals surface area contributed by atoms with Crippen molar-refractivity contribution in [3.8, 4) is 5.88 Å². The third-order valence-corrected chi connectivity index (χ3v) is 1.59. The summed E-state index contributed by atoms with van der Waals surface area (Å²) in [6, 6.07) is 1.55. The highest BCUT2D eigenvalue weighted by atomic mass is 16.5. The van der Waals surface area contributed by atoms with Gasteiger partial charge in [0.15, 0.2) is 0 Å². The Kier molecular flexibility index (Phi) is 3.78. The average molecular weight is 225 g/mol. The van der Waals surface area contributed by atoms with Gasteiger partial charge in [-0.25, -0.2) is 9.78 Å². The maximum Gasteiger partial charge on any atom is 0.376 e. The number of carbonyl (C=O) groups is 1. The molecular formula is C10H15N3O3. The van der Waals surface area contributed by atoms with E-state index in [2.05, 4.69) is 14.7 Å². The summed E-state index contributed by atoms with van der Waals surface area (Å²) in [6.45, 7) is 3.95. The van der Waals surface area contributed by atoms with E-state index in [9.17, 15) is 4.79 Å². The van der Waals surface area contributed by atoms with Crippen molar-refractivity contribution in [2.24, 2.45) is 5.73 Å². The van der Waals surface area contributed by atoms with Crippen molar-refractivity contribution < 1.29 is 14.3 Å². The molecule has 0 aliphatic rings. The number of aromatic nitrogens is 2. The maximum absolute atomic E-state index is 11.1. The van der Waals surface area contributed by atoms with Crippen LogP contribution in [-0.4, -0.2) is 35.2 Å². The van der Waals surface area contributed by atoms with Crippen LogP contribution in [0.15, 0.2) is 12.3 Å². The molecule has 1 heterocycles. The topological polar surface area (TPSA) is 87.3 Å². The van der Waals surface area contributed by atoms with Gasteiger partial charge in [0.1, 0.15) is 6.61 Å². The van der Waals surface area contributed by atoms with Crippen LogP contribution in [0.1, 0.15) is 24.5 Å². The van der Waals surface area contributed by atoms with Crippen molar-refractivity contribution in [2.45, 2.75) is 19.4 Å². The highest BCUT2D eigenvalue weighted by Gasteiger charge is 2.14. The molecule has 0 spiro atoms. The lowest BCUT2D eigenvalue weighted by atomic mass is 10.1. The molecule has 0 bridgehead atoms. The molecule has 1 rings (SSSR count). The Morgan fingerprint density at radius 3 is 2.81 bits per heavy atom. The molecule has 16 heavy (non-hydrogen) atoms. The minimum absolute atomic E-state index is 0.0326. The SMILES string of the molecule is COC(=O)c1nccc(OCC(C)(C)N)n1. The highest BCUT2D eigenvalue weighted by Crippen LogP contribution is 2.08. The van der Waals surface area contributed by atoms with Gasteiger partial charge in [0, 0.05) is 17.8 Å². The van der Waals surface area contributed by atoms with E-state index in [4.69, 9.17) is 10.5 Å². The molecule has 0 radical (unpaired) electrons. The molecule has 6 nitrogen and oxygen atoms in total. The quantitative estimate of drug-likeness (QED) is 0.745. The number of nitrogens with two attached hydrogens (primary N) is 1. The first-order valence-corrected chi connectivity index (χ1v) is 4.75. The van der Waals surface area contributed by atoms with Gasteiger partial charge in [0.25, 0.3) is 0 Å². The lowest BCUT2D eigenvalue weighted by Gasteiger charge is -2.18. The number of rotatable bonds is 4. The van der Waals surface area contributed by atoms with Crippen LogP contribution in [0.5, 0.6) is 5.88 Å². The van der Waals surface area contributed by atoms with E-state index >= 15 is 0 Å². The molecule has 1 aromatic rings. The second kappa shape index (κ2) is 4.89. The number of hydrogen-bond donors (Lipinski definition) is 1. The Labute approximate surface area is 93.8 Å². The number of esters is 1. The molecule has 6 heteroatoms. The van der Waals surface area contributed by atoms with Gasteiger partial charge >= 0.3 is 5.97 Å². The minimum Gasteiger partial charge on any atom is -0.476 e. The van der Waals surface area contributed by atoms with Gasteiger partial charge in [-0.1, -0.05) is 0 Å². The Hall–Kier alpha value is -1.69. The summed E-state index contributed by atoms with van der Waals surface area (Å²) in [7, 11) is 1.27. The van der Waals surface area contributed by atoms with Crippen molar-refractivity contribution >= 4 is 5.97 Å². The fourth-order valence-corrected chi connectivity index (χ4v) is 0.872. The van der Waals surface area contributed by atoms with E-state index in [0.29, 0.717) is 12.5 Å². The van der Waals surface area contributed by atoms with E-state index in [1.54, 1.807) is 6.07 Å². The normalized spacial score (nSPS) is 11.0. The summed E-state index contributed by atoms with van der Waals surface area (Å²) in [6.07, 6.45) is 1.43. The van der Waals surface area contributed by atoms with E-state index in [1.807, 2.05) is 13.8 Å². The first-order chi connectivity index (χ1) is 7.42. The Balaban J connectivity index is 2.71. The number of hydrogen-bond acceptors (Lipinski definition) is 6. The summed E-state index contributed by atoms with van der Waals surface area (Å²) in [5, 5.41) is 0. The van der Waals surface area contributed by atoms with Crippen molar-refractivity contribution in [1.82, 2.24) is 9.97 Å². The lowest BCUT2D eigenvalue weighted by molar-refractivity contribution is 0.0585. The average Bonchev–Trinajstić information content (AvgIpc) is 2.25. The van der Waals surface area contributed by atoms with Crippen LogP contribution >= 0.6 is 0 Å². The van der Waals surface area contributed by atoms with Gasteiger partial charge in [-0.3, -0.25) is 0 Å². The van der Waals surface area contributed by atoms with Gasteiger partial charge in [-0.2, -0.15) is 4.98 Å². The smallest absolute Gasteiger partial charge is 0.376 e. The van der Waals surface area contributed by atoms with E-state index in [0.717, 1.165) is 0 Å². The van der Waals surface area contributed by atoms with Gasteiger partial charge in [-0.15, -0.1) is 0 Å². The van der Waals surface area contributed by atoms with Crippen molar-refractivity contribution in [1.29, 1.82) is 0 Å². The predicted molar refractivity (Wildman–Crippen MR) is 57.1 cm³/mol. The predicted octanol–water partition coefficient (Wildman–Crippen LogP) is 0.379. The minimum atomic E-state index is -0.600. The third-order valence-electron chi connectivity index (χ3n) is 1.59. The largest absolute Gasteiger partial charge is 0.476 e. The zero-order chi connectivity index (χ0) is 12.2. The number of ether oxygens (including phenoxy) is 2. The molecule has 0 unspecified atom stereocenters. The standard InChI is InChI=1S/C10H15N3O3/c1-10(2,11)6-16-7-4-5-12-8(13-7)9(14)15-3/h4-5H,6,11H2,1-3H3. The second-order valence-electron chi connectivity index (χ2n) is 3.99. The van der Waals surface area contributed by atoms with Crippen LogP contribution in [0.3, 0.4) is 0 Å². The lowest BCUT2D eigenvalue weighted by Crippen LogP contribution is -2.38. The zero-order valence-electron chi connectivity index (χ0n) is 9.56. The second-order valence-corrected chi connectivity index (χ2v) is 3.99. The molecule has 0 fully saturated rings. The Morgan fingerprint density at radius 1 is 1.56 bits per heavy atom. The molecule has 0 saturated heterocycles. The van der Waals surface area contributed by atoms with Gasteiger partial charge < -0.3 is 15.2 Å². The number of nitrogens with zero attached hydrogens (tertiary/aromatic N) is 2. The van der Waals surface area contributed by atoms with Gasteiger partial charge in [-0.05, 0) is 13.8 Å². The molecule has 0 aliphatic carbocycles. The van der Waals surface area contributed by atoms with Gasteiger partial charge in [0.2, 0.25) is 11.7 Å². The van der Waals surface area contributed by atoms with Crippen molar-refractivity contribution in [2.75, 3.05) is 13.7 Å². The van der Waals surface area contributed by atoms with Crippen LogP contribution in [-0.2, 0) is 4.74 Å². The van der Waals surface area contributed by atoms with Crippen LogP contribution in [0, 0.1) is 0 Å². The Morgan fingerprint density at radius 2 is 2.25 bits per heavy atom. The molecule has 1 aromatic heterocycles. The molecule has 0 aliphatic heterocycles. The first kappa shape index (κ1) is 12.4. The molecule has 2 N–H and O–H groups in total. The molecule has 0 amide bonds.